The Bertz CT molecular complexity index is 779. The van der Waals surface area contributed by atoms with Crippen molar-refractivity contribution in [2.45, 2.75) is 51.2 Å². The smallest absolute Gasteiger partial charge is 0.225 e. The van der Waals surface area contributed by atoms with Crippen molar-refractivity contribution in [3.63, 3.8) is 0 Å². The van der Waals surface area contributed by atoms with E-state index in [1.54, 1.807) is 6.20 Å². The SMILES string of the molecule is O=C(NCc1ccc(Cn2cccn2)cc1)[C@@H]1CC(=O)N(C2CCCC2)C1. The number of benzene rings is 1. The average Bonchev–Trinajstić information content (AvgIpc) is 3.42. The topological polar surface area (TPSA) is 67.2 Å². The van der Waals surface area contributed by atoms with Gasteiger partial charge in [-0.25, -0.2) is 0 Å². The van der Waals surface area contributed by atoms with E-state index < -0.39 is 0 Å². The van der Waals surface area contributed by atoms with Crippen LogP contribution in [-0.2, 0) is 22.7 Å². The highest BCUT2D eigenvalue weighted by Gasteiger charge is 2.38. The van der Waals surface area contributed by atoms with Gasteiger partial charge in [0, 0.05) is 37.9 Å². The zero-order chi connectivity index (χ0) is 18.6. The van der Waals surface area contributed by atoms with Crippen LogP contribution < -0.4 is 5.32 Å². The molecular weight excluding hydrogens is 340 g/mol. The first-order valence-corrected chi connectivity index (χ1v) is 9.81. The van der Waals surface area contributed by atoms with Crippen molar-refractivity contribution in [1.82, 2.24) is 20.0 Å². The maximum atomic E-state index is 12.5. The van der Waals surface area contributed by atoms with Gasteiger partial charge in [-0.05, 0) is 30.0 Å². The lowest BCUT2D eigenvalue weighted by atomic mass is 10.1. The Hall–Kier alpha value is -2.63. The lowest BCUT2D eigenvalue weighted by Gasteiger charge is -2.23. The highest BCUT2D eigenvalue weighted by atomic mass is 16.2. The molecule has 2 aromatic rings. The maximum Gasteiger partial charge on any atom is 0.225 e. The fraction of sp³-hybridized carbons (Fsp3) is 0.476. The van der Waals surface area contributed by atoms with Gasteiger partial charge in [-0.1, -0.05) is 37.1 Å². The van der Waals surface area contributed by atoms with E-state index in [0.29, 0.717) is 25.6 Å². The molecular formula is C21H26N4O2. The summed E-state index contributed by atoms with van der Waals surface area (Å²) in [6.07, 6.45) is 8.63. The molecule has 1 saturated heterocycles. The fourth-order valence-electron chi connectivity index (χ4n) is 4.15. The molecule has 1 aliphatic heterocycles. The van der Waals surface area contributed by atoms with Crippen molar-refractivity contribution in [3.05, 3.63) is 53.9 Å². The molecule has 1 aromatic carbocycles. The van der Waals surface area contributed by atoms with Gasteiger partial charge in [0.1, 0.15) is 0 Å². The quantitative estimate of drug-likeness (QED) is 0.853. The molecule has 1 saturated carbocycles. The first-order chi connectivity index (χ1) is 13.2. The normalized spacial score (nSPS) is 20.4. The Morgan fingerprint density at radius 1 is 1.15 bits per heavy atom. The number of carbonyl (C=O) groups is 2. The molecule has 0 bridgehead atoms. The number of nitrogens with zero attached hydrogens (tertiary/aromatic N) is 3. The zero-order valence-corrected chi connectivity index (χ0v) is 15.5. The standard InChI is InChI=1S/C21H26N4O2/c26-20-12-18(15-25(20)19-4-1-2-5-19)21(27)22-13-16-6-8-17(9-7-16)14-24-11-3-10-23-24/h3,6-11,18-19H,1-2,4-5,12-15H2,(H,22,27)/t18-/m1/s1. The second-order valence-electron chi connectivity index (χ2n) is 7.62. The van der Waals surface area contributed by atoms with Gasteiger partial charge in [0.2, 0.25) is 11.8 Å². The zero-order valence-electron chi connectivity index (χ0n) is 15.5. The van der Waals surface area contributed by atoms with Crippen LogP contribution in [0.5, 0.6) is 0 Å². The second-order valence-corrected chi connectivity index (χ2v) is 7.62. The molecule has 1 atom stereocenters. The van der Waals surface area contributed by atoms with Crippen LogP contribution in [-0.4, -0.2) is 39.1 Å². The van der Waals surface area contributed by atoms with Crippen LogP contribution in [0, 0.1) is 5.92 Å². The number of nitrogens with one attached hydrogen (secondary N) is 1. The number of carbonyl (C=O) groups excluding carboxylic acids is 2. The van der Waals surface area contributed by atoms with Gasteiger partial charge in [0.15, 0.2) is 0 Å². The van der Waals surface area contributed by atoms with E-state index in [-0.39, 0.29) is 17.7 Å². The van der Waals surface area contributed by atoms with Gasteiger partial charge < -0.3 is 10.2 Å². The van der Waals surface area contributed by atoms with Gasteiger partial charge in [-0.15, -0.1) is 0 Å². The number of aromatic nitrogens is 2. The summed E-state index contributed by atoms with van der Waals surface area (Å²) in [5, 5.41) is 7.21. The van der Waals surface area contributed by atoms with Gasteiger partial charge in [-0.2, -0.15) is 5.10 Å². The summed E-state index contributed by atoms with van der Waals surface area (Å²) in [7, 11) is 0. The van der Waals surface area contributed by atoms with Crippen molar-refractivity contribution in [2.24, 2.45) is 5.92 Å². The van der Waals surface area contributed by atoms with Crippen LogP contribution in [0.3, 0.4) is 0 Å². The molecule has 0 unspecified atom stereocenters. The predicted octanol–water partition coefficient (Wildman–Crippen LogP) is 2.34. The second kappa shape index (κ2) is 7.94. The third-order valence-electron chi connectivity index (χ3n) is 5.69. The third-order valence-corrected chi connectivity index (χ3v) is 5.69. The minimum Gasteiger partial charge on any atom is -0.352 e. The third kappa shape index (κ3) is 4.21. The van der Waals surface area contributed by atoms with Crippen molar-refractivity contribution in [1.29, 1.82) is 0 Å². The van der Waals surface area contributed by atoms with Gasteiger partial charge in [0.05, 0.1) is 12.5 Å². The van der Waals surface area contributed by atoms with Crippen LogP contribution in [0.15, 0.2) is 42.7 Å². The number of likely N-dealkylation sites (tertiary alicyclic amines) is 1. The Kier molecular flexibility index (Phi) is 5.23. The summed E-state index contributed by atoms with van der Waals surface area (Å²) in [5.74, 6) is -0.0772. The fourth-order valence-corrected chi connectivity index (χ4v) is 4.15. The minimum absolute atomic E-state index is 0.00976. The first-order valence-electron chi connectivity index (χ1n) is 9.81. The van der Waals surface area contributed by atoms with Crippen molar-refractivity contribution in [2.75, 3.05) is 6.54 Å². The minimum atomic E-state index is -0.211. The lowest BCUT2D eigenvalue weighted by Crippen LogP contribution is -2.36. The first kappa shape index (κ1) is 17.8. The lowest BCUT2D eigenvalue weighted by molar-refractivity contribution is -0.130. The number of hydrogen-bond donors (Lipinski definition) is 1. The van der Waals surface area contributed by atoms with E-state index in [9.17, 15) is 9.59 Å². The molecule has 0 spiro atoms. The van der Waals surface area contributed by atoms with Gasteiger partial charge in [-0.3, -0.25) is 14.3 Å². The number of rotatable bonds is 6. The summed E-state index contributed by atoms with van der Waals surface area (Å²) in [6, 6.07) is 10.4. The van der Waals surface area contributed by atoms with Crippen LogP contribution in [0.25, 0.3) is 0 Å². The Labute approximate surface area is 159 Å². The molecule has 4 rings (SSSR count). The highest BCUT2D eigenvalue weighted by molar-refractivity contribution is 5.89. The van der Waals surface area contributed by atoms with E-state index >= 15 is 0 Å². The van der Waals surface area contributed by atoms with Crippen LogP contribution >= 0.6 is 0 Å². The molecule has 2 heterocycles. The average molecular weight is 366 g/mol. The van der Waals surface area contributed by atoms with Crippen LogP contribution in [0.4, 0.5) is 0 Å². The molecule has 2 fully saturated rings. The summed E-state index contributed by atoms with van der Waals surface area (Å²) in [6.45, 7) is 1.81. The summed E-state index contributed by atoms with van der Waals surface area (Å²) in [5.41, 5.74) is 2.23. The maximum absolute atomic E-state index is 12.5. The monoisotopic (exact) mass is 366 g/mol. The molecule has 1 aliphatic carbocycles. The van der Waals surface area contributed by atoms with Crippen molar-refractivity contribution in [3.8, 4) is 0 Å². The van der Waals surface area contributed by atoms with Gasteiger partial charge >= 0.3 is 0 Å². The van der Waals surface area contributed by atoms with Crippen molar-refractivity contribution >= 4 is 11.8 Å². The molecule has 2 aliphatic rings. The molecule has 142 valence electrons. The molecule has 1 N–H and O–H groups in total. The summed E-state index contributed by atoms with van der Waals surface area (Å²) in [4.78, 5) is 26.7. The summed E-state index contributed by atoms with van der Waals surface area (Å²) >= 11 is 0. The Balaban J connectivity index is 1.27. The highest BCUT2D eigenvalue weighted by Crippen LogP contribution is 2.29. The van der Waals surface area contributed by atoms with E-state index in [4.69, 9.17) is 0 Å². The van der Waals surface area contributed by atoms with Crippen LogP contribution in [0.2, 0.25) is 0 Å². The Morgan fingerprint density at radius 3 is 2.59 bits per heavy atom. The van der Waals surface area contributed by atoms with Crippen LogP contribution in [0.1, 0.15) is 43.2 Å². The van der Waals surface area contributed by atoms with E-state index in [2.05, 4.69) is 22.5 Å². The van der Waals surface area contributed by atoms with E-state index in [1.165, 1.54) is 18.4 Å². The van der Waals surface area contributed by atoms with Gasteiger partial charge in [0.25, 0.3) is 0 Å². The summed E-state index contributed by atoms with van der Waals surface area (Å²) < 4.78 is 1.88. The number of amides is 2. The predicted molar refractivity (Wildman–Crippen MR) is 102 cm³/mol. The molecule has 0 radical (unpaired) electrons. The molecule has 6 heteroatoms. The molecule has 2 amide bonds. The molecule has 1 aromatic heterocycles. The number of hydrogen-bond acceptors (Lipinski definition) is 3. The largest absolute Gasteiger partial charge is 0.352 e. The van der Waals surface area contributed by atoms with Crippen molar-refractivity contribution < 1.29 is 9.59 Å². The van der Waals surface area contributed by atoms with E-state index in [1.807, 2.05) is 34.0 Å². The molecule has 6 nitrogen and oxygen atoms in total. The Morgan fingerprint density at radius 2 is 1.89 bits per heavy atom. The molecule has 27 heavy (non-hydrogen) atoms. The van der Waals surface area contributed by atoms with E-state index in [0.717, 1.165) is 24.9 Å².